The van der Waals surface area contributed by atoms with Crippen molar-refractivity contribution in [1.29, 1.82) is 0 Å². The smallest absolute Gasteiger partial charge is 0.872 e. The van der Waals surface area contributed by atoms with Gasteiger partial charge in [0, 0.05) is 4.47 Å². The number of hydrogen-bond donors (Lipinski definition) is 1. The van der Waals surface area contributed by atoms with Crippen LogP contribution in [0.5, 0.6) is 5.75 Å². The molecule has 3 nitrogen and oxygen atoms in total. The second kappa shape index (κ2) is 4.87. The third-order valence-electron chi connectivity index (χ3n) is 1.17. The first-order chi connectivity index (χ1) is 5.11. The third kappa shape index (κ3) is 2.79. The molecule has 0 aliphatic carbocycles. The minimum Gasteiger partial charge on any atom is -0.872 e. The average molecular weight is 239 g/mol. The number of benzene rings is 1. The molecule has 0 unspecified atom stereocenters. The first-order valence-corrected chi connectivity index (χ1v) is 3.60. The largest absolute Gasteiger partial charge is 1.00 e. The van der Waals surface area contributed by atoms with Crippen LogP contribution >= 0.6 is 15.9 Å². The zero-order chi connectivity index (χ0) is 8.43. The van der Waals surface area contributed by atoms with Crippen LogP contribution in [0.2, 0.25) is 0 Å². The molecule has 0 aliphatic rings. The first kappa shape index (κ1) is 12.0. The Kier molecular flexibility index (Phi) is 4.85. The van der Waals surface area contributed by atoms with Crippen LogP contribution in [-0.4, -0.2) is 11.1 Å². The molecule has 0 radical (unpaired) electrons. The van der Waals surface area contributed by atoms with Crippen molar-refractivity contribution in [3.63, 3.8) is 0 Å². The van der Waals surface area contributed by atoms with Crippen LogP contribution < -0.4 is 34.7 Å². The van der Waals surface area contributed by atoms with Gasteiger partial charge in [0.1, 0.15) is 0 Å². The normalized spacial score (nSPS) is 8.75. The van der Waals surface area contributed by atoms with E-state index in [1.807, 2.05) is 0 Å². The number of aromatic carboxylic acids is 1. The van der Waals surface area contributed by atoms with E-state index >= 15 is 0 Å². The molecule has 0 bridgehead atoms. The standard InChI is InChI=1S/C7H5BrO3.Na/c8-4-1-2-6(9)5(3-4)7(10)11;/h1-3,9H,(H,10,11);/q;+1/p-1. The number of carbonyl (C=O) groups is 1. The Balaban J connectivity index is 0.00000121. The maximum atomic E-state index is 10.8. The Bertz CT molecular complexity index is 301. The number of carboxylic acids is 1. The summed E-state index contributed by atoms with van der Waals surface area (Å²) in [7, 11) is 0. The van der Waals surface area contributed by atoms with Crippen molar-refractivity contribution in [3.05, 3.63) is 28.2 Å². The molecule has 5 heteroatoms. The summed E-state index contributed by atoms with van der Waals surface area (Å²) in [4.78, 5) is 10.4. The molecule has 0 heterocycles. The Hall–Kier alpha value is -0.0300. The van der Waals surface area contributed by atoms with E-state index in [0.29, 0.717) is 4.47 Å². The Morgan fingerprint density at radius 1 is 1.50 bits per heavy atom. The van der Waals surface area contributed by atoms with Gasteiger partial charge in [-0.05, 0) is 12.1 Å². The van der Waals surface area contributed by atoms with Crippen molar-refractivity contribution < 1.29 is 44.6 Å². The summed E-state index contributed by atoms with van der Waals surface area (Å²) < 4.78 is 0.592. The molecule has 0 fully saturated rings. The number of halogens is 1. The predicted octanol–water partition coefficient (Wildman–Crippen LogP) is -1.78. The van der Waals surface area contributed by atoms with Crippen LogP contribution in [0.1, 0.15) is 10.4 Å². The summed E-state index contributed by atoms with van der Waals surface area (Å²) >= 11 is 3.06. The van der Waals surface area contributed by atoms with Crippen LogP contribution in [0.4, 0.5) is 0 Å². The monoisotopic (exact) mass is 238 g/mol. The molecule has 0 saturated carbocycles. The van der Waals surface area contributed by atoms with E-state index in [1.165, 1.54) is 18.2 Å². The number of carboxylic acid groups (broad SMARTS) is 1. The molecular formula is C7H4BrNaO3. The summed E-state index contributed by atoms with van der Waals surface area (Å²) in [5, 5.41) is 19.3. The number of hydrogen-bond acceptors (Lipinski definition) is 2. The topological polar surface area (TPSA) is 60.4 Å². The molecule has 0 aliphatic heterocycles. The summed E-state index contributed by atoms with van der Waals surface area (Å²) in [6.07, 6.45) is 0. The summed E-state index contributed by atoms with van der Waals surface area (Å²) in [6.45, 7) is 0. The van der Waals surface area contributed by atoms with Crippen LogP contribution in [0.3, 0.4) is 0 Å². The van der Waals surface area contributed by atoms with E-state index in [0.717, 1.165) is 0 Å². The molecule has 0 atom stereocenters. The molecule has 1 N–H and O–H groups in total. The predicted molar refractivity (Wildman–Crippen MR) is 40.5 cm³/mol. The quantitative estimate of drug-likeness (QED) is 0.589. The molecule has 0 aromatic heterocycles. The van der Waals surface area contributed by atoms with Crippen molar-refractivity contribution in [2.75, 3.05) is 0 Å². The van der Waals surface area contributed by atoms with Gasteiger partial charge in [-0.15, -0.1) is 0 Å². The molecule has 0 saturated heterocycles. The van der Waals surface area contributed by atoms with E-state index in [9.17, 15) is 9.90 Å². The second-order valence-electron chi connectivity index (χ2n) is 1.95. The zero-order valence-corrected chi connectivity index (χ0v) is 9.96. The molecule has 58 valence electrons. The molecule has 1 rings (SSSR count). The molecule has 0 spiro atoms. The number of rotatable bonds is 1. The van der Waals surface area contributed by atoms with Gasteiger partial charge in [0.2, 0.25) is 0 Å². The van der Waals surface area contributed by atoms with Crippen LogP contribution in [0.15, 0.2) is 22.7 Å². The van der Waals surface area contributed by atoms with E-state index in [2.05, 4.69) is 15.9 Å². The van der Waals surface area contributed by atoms with Gasteiger partial charge < -0.3 is 10.2 Å². The van der Waals surface area contributed by atoms with Crippen molar-refractivity contribution in [3.8, 4) is 5.75 Å². The molecule has 0 amide bonds. The average Bonchev–Trinajstić information content (AvgIpc) is 1.94. The van der Waals surface area contributed by atoms with Crippen LogP contribution in [-0.2, 0) is 0 Å². The van der Waals surface area contributed by atoms with E-state index < -0.39 is 11.7 Å². The van der Waals surface area contributed by atoms with Gasteiger partial charge in [-0.3, -0.25) is 0 Å². The fourth-order valence-electron chi connectivity index (χ4n) is 0.669. The van der Waals surface area contributed by atoms with Crippen molar-refractivity contribution in [2.24, 2.45) is 0 Å². The van der Waals surface area contributed by atoms with Crippen molar-refractivity contribution in [1.82, 2.24) is 0 Å². The third-order valence-corrected chi connectivity index (χ3v) is 1.67. The molecule has 1 aromatic rings. The molecule has 1 aromatic carbocycles. The van der Waals surface area contributed by atoms with Crippen LogP contribution in [0, 0.1) is 0 Å². The van der Waals surface area contributed by atoms with Crippen LogP contribution in [0.25, 0.3) is 0 Å². The van der Waals surface area contributed by atoms with Gasteiger partial charge >= 0.3 is 35.5 Å². The van der Waals surface area contributed by atoms with Gasteiger partial charge in [-0.2, -0.15) is 0 Å². The summed E-state index contributed by atoms with van der Waals surface area (Å²) in [5.74, 6) is -1.67. The minimum absolute atomic E-state index is 0. The van der Waals surface area contributed by atoms with Gasteiger partial charge in [-0.25, -0.2) is 4.79 Å². The summed E-state index contributed by atoms with van der Waals surface area (Å²) in [5.41, 5.74) is -0.209. The fourth-order valence-corrected chi connectivity index (χ4v) is 1.03. The van der Waals surface area contributed by atoms with E-state index in [-0.39, 0.29) is 35.1 Å². The van der Waals surface area contributed by atoms with Gasteiger partial charge in [0.15, 0.2) is 0 Å². The van der Waals surface area contributed by atoms with Gasteiger partial charge in [-0.1, -0.05) is 27.7 Å². The SMILES string of the molecule is O=C(O)c1cc(Br)ccc1[O-].[Na+]. The van der Waals surface area contributed by atoms with Gasteiger partial charge in [0.05, 0.1) is 5.56 Å². The van der Waals surface area contributed by atoms with E-state index in [4.69, 9.17) is 5.11 Å². The maximum Gasteiger partial charge on any atom is 1.00 e. The van der Waals surface area contributed by atoms with Gasteiger partial charge in [0.25, 0.3) is 0 Å². The Morgan fingerprint density at radius 3 is 2.50 bits per heavy atom. The first-order valence-electron chi connectivity index (χ1n) is 2.81. The summed E-state index contributed by atoms with van der Waals surface area (Å²) in [6, 6.07) is 4.01. The zero-order valence-electron chi connectivity index (χ0n) is 6.37. The van der Waals surface area contributed by atoms with E-state index in [1.54, 1.807) is 0 Å². The fraction of sp³-hybridized carbons (Fsp3) is 0. The second-order valence-corrected chi connectivity index (χ2v) is 2.86. The van der Waals surface area contributed by atoms with Crippen molar-refractivity contribution >= 4 is 21.9 Å². The Morgan fingerprint density at radius 2 is 2.08 bits per heavy atom. The Labute approximate surface area is 99.8 Å². The minimum atomic E-state index is -1.20. The molecular weight excluding hydrogens is 235 g/mol. The molecule has 12 heavy (non-hydrogen) atoms. The van der Waals surface area contributed by atoms with Crippen molar-refractivity contribution in [2.45, 2.75) is 0 Å². The maximum absolute atomic E-state index is 10.8.